The summed E-state index contributed by atoms with van der Waals surface area (Å²) in [5, 5.41) is 9.07. The van der Waals surface area contributed by atoms with E-state index in [2.05, 4.69) is 25.6 Å². The summed E-state index contributed by atoms with van der Waals surface area (Å²) in [6.45, 7) is 2.84. The quantitative estimate of drug-likeness (QED) is 0.849. The molecule has 0 aromatic carbocycles. The maximum Gasteiger partial charge on any atom is 0.302 e. The third-order valence-corrected chi connectivity index (χ3v) is 5.79. The molecule has 0 saturated carbocycles. The second kappa shape index (κ2) is 6.38. The number of hydrogen-bond acceptors (Lipinski definition) is 4. The van der Waals surface area contributed by atoms with Crippen LogP contribution >= 0.6 is 15.9 Å². The molecule has 0 aliphatic carbocycles. The number of aromatic nitrogens is 1. The molecule has 1 fully saturated rings. The van der Waals surface area contributed by atoms with Crippen LogP contribution in [0.25, 0.3) is 0 Å². The van der Waals surface area contributed by atoms with Gasteiger partial charge >= 0.3 is 10.2 Å². The van der Waals surface area contributed by atoms with E-state index < -0.39 is 10.2 Å². The number of piperidine rings is 1. The lowest BCUT2D eigenvalue weighted by molar-refractivity contribution is 0.170. The van der Waals surface area contributed by atoms with E-state index in [0.717, 1.165) is 10.0 Å². The summed E-state index contributed by atoms with van der Waals surface area (Å²) in [6, 6.07) is 1.68. The summed E-state index contributed by atoms with van der Waals surface area (Å²) in [5.74, 6) is 0.518. The van der Waals surface area contributed by atoms with E-state index in [1.54, 1.807) is 12.3 Å². The highest BCUT2D eigenvalue weighted by molar-refractivity contribution is 9.10. The molecule has 0 bridgehead atoms. The average molecular weight is 364 g/mol. The Hall–Kier alpha value is -0.700. The zero-order valence-electron chi connectivity index (χ0n) is 11.2. The maximum absolute atomic E-state index is 12.2. The van der Waals surface area contributed by atoms with Gasteiger partial charge in [-0.05, 0) is 53.2 Å². The lowest BCUT2D eigenvalue weighted by Crippen LogP contribution is -2.42. The van der Waals surface area contributed by atoms with Crippen molar-refractivity contribution >= 4 is 32.0 Å². The first-order valence-corrected chi connectivity index (χ1v) is 8.66. The Balaban J connectivity index is 2.05. The van der Waals surface area contributed by atoms with Gasteiger partial charge in [-0.15, -0.1) is 0 Å². The Kier molecular flexibility index (Phi) is 5.00. The van der Waals surface area contributed by atoms with Crippen LogP contribution in [0.2, 0.25) is 0 Å². The number of aryl methyl sites for hydroxylation is 1. The summed E-state index contributed by atoms with van der Waals surface area (Å²) < 4.78 is 29.2. The molecule has 1 aromatic heterocycles. The van der Waals surface area contributed by atoms with Crippen molar-refractivity contribution in [3.63, 3.8) is 0 Å². The minimum Gasteiger partial charge on any atom is -0.396 e. The molecule has 8 heteroatoms. The number of nitrogens with zero attached hydrogens (tertiary/aromatic N) is 2. The number of rotatable bonds is 4. The van der Waals surface area contributed by atoms with Crippen molar-refractivity contribution in [2.45, 2.75) is 19.8 Å². The molecule has 112 valence electrons. The minimum absolute atomic E-state index is 0.120. The second-order valence-corrected chi connectivity index (χ2v) is 7.48. The van der Waals surface area contributed by atoms with Crippen LogP contribution in [0.3, 0.4) is 0 Å². The average Bonchev–Trinajstić information content (AvgIpc) is 2.43. The highest BCUT2D eigenvalue weighted by Crippen LogP contribution is 2.22. The van der Waals surface area contributed by atoms with Crippen LogP contribution in [0.1, 0.15) is 18.4 Å². The fraction of sp³-hybridized carbons (Fsp3) is 0.583. The van der Waals surface area contributed by atoms with Gasteiger partial charge < -0.3 is 5.11 Å². The van der Waals surface area contributed by atoms with Crippen molar-refractivity contribution in [1.29, 1.82) is 0 Å². The highest BCUT2D eigenvalue weighted by atomic mass is 79.9. The van der Waals surface area contributed by atoms with Crippen molar-refractivity contribution in [3.8, 4) is 0 Å². The standard InChI is InChI=1S/C12H18BrN3O3S/c1-9-6-12(14-7-11(9)13)15-20(18,19)16-4-2-10(8-17)3-5-16/h6-7,10,17H,2-5,8H2,1H3,(H,14,15). The van der Waals surface area contributed by atoms with Gasteiger partial charge in [0.15, 0.2) is 0 Å². The largest absolute Gasteiger partial charge is 0.396 e. The summed E-state index contributed by atoms with van der Waals surface area (Å²) in [6.07, 6.45) is 2.94. The van der Waals surface area contributed by atoms with Crippen LogP contribution < -0.4 is 4.72 Å². The van der Waals surface area contributed by atoms with Gasteiger partial charge in [-0.2, -0.15) is 12.7 Å². The molecule has 0 atom stereocenters. The van der Waals surface area contributed by atoms with Crippen molar-refractivity contribution in [2.75, 3.05) is 24.4 Å². The van der Waals surface area contributed by atoms with Crippen LogP contribution in [0.4, 0.5) is 5.82 Å². The van der Waals surface area contributed by atoms with E-state index in [1.807, 2.05) is 6.92 Å². The molecule has 0 spiro atoms. The van der Waals surface area contributed by atoms with Crippen LogP contribution in [-0.2, 0) is 10.2 Å². The summed E-state index contributed by atoms with van der Waals surface area (Å²) in [5.41, 5.74) is 0.914. The Morgan fingerprint density at radius 3 is 2.70 bits per heavy atom. The maximum atomic E-state index is 12.2. The summed E-state index contributed by atoms with van der Waals surface area (Å²) in [4.78, 5) is 4.05. The molecule has 1 aliphatic heterocycles. The van der Waals surface area contributed by atoms with E-state index >= 15 is 0 Å². The zero-order chi connectivity index (χ0) is 14.8. The number of hydrogen-bond donors (Lipinski definition) is 2. The molecule has 2 heterocycles. The molecular formula is C12H18BrN3O3S. The summed E-state index contributed by atoms with van der Waals surface area (Å²) in [7, 11) is -3.57. The van der Waals surface area contributed by atoms with Gasteiger partial charge in [-0.3, -0.25) is 4.72 Å². The number of anilines is 1. The molecule has 0 unspecified atom stereocenters. The van der Waals surface area contributed by atoms with E-state index in [0.29, 0.717) is 31.7 Å². The molecule has 20 heavy (non-hydrogen) atoms. The van der Waals surface area contributed by atoms with Gasteiger partial charge in [-0.1, -0.05) is 0 Å². The molecule has 1 aromatic rings. The van der Waals surface area contributed by atoms with Gasteiger partial charge in [0.05, 0.1) is 0 Å². The third kappa shape index (κ3) is 3.69. The van der Waals surface area contributed by atoms with Crippen LogP contribution in [-0.4, -0.2) is 42.5 Å². The van der Waals surface area contributed by atoms with E-state index in [-0.39, 0.29) is 12.5 Å². The van der Waals surface area contributed by atoms with Gasteiger partial charge in [0.25, 0.3) is 0 Å². The predicted octanol–water partition coefficient (Wildman–Crippen LogP) is 1.51. The van der Waals surface area contributed by atoms with Gasteiger partial charge in [0, 0.05) is 30.4 Å². The van der Waals surface area contributed by atoms with Crippen molar-refractivity contribution in [2.24, 2.45) is 5.92 Å². The fourth-order valence-electron chi connectivity index (χ4n) is 2.12. The van der Waals surface area contributed by atoms with Crippen molar-refractivity contribution in [3.05, 3.63) is 22.3 Å². The van der Waals surface area contributed by atoms with Gasteiger partial charge in [0.1, 0.15) is 5.82 Å². The Morgan fingerprint density at radius 2 is 2.15 bits per heavy atom. The Morgan fingerprint density at radius 1 is 1.50 bits per heavy atom. The molecule has 2 N–H and O–H groups in total. The minimum atomic E-state index is -3.57. The van der Waals surface area contributed by atoms with Crippen LogP contribution in [0.5, 0.6) is 0 Å². The number of halogens is 1. The lowest BCUT2D eigenvalue weighted by atomic mass is 10.00. The molecular weight excluding hydrogens is 346 g/mol. The molecule has 0 amide bonds. The van der Waals surface area contributed by atoms with Crippen molar-refractivity contribution in [1.82, 2.24) is 9.29 Å². The van der Waals surface area contributed by atoms with Crippen LogP contribution in [0.15, 0.2) is 16.7 Å². The van der Waals surface area contributed by atoms with E-state index in [1.165, 1.54) is 4.31 Å². The molecule has 2 rings (SSSR count). The Bertz CT molecular complexity index is 571. The van der Waals surface area contributed by atoms with E-state index in [9.17, 15) is 8.42 Å². The SMILES string of the molecule is Cc1cc(NS(=O)(=O)N2CCC(CO)CC2)ncc1Br. The fourth-order valence-corrected chi connectivity index (χ4v) is 3.54. The smallest absolute Gasteiger partial charge is 0.302 e. The number of aliphatic hydroxyl groups excluding tert-OH is 1. The van der Waals surface area contributed by atoms with Gasteiger partial charge in [0.2, 0.25) is 0 Å². The number of aliphatic hydroxyl groups is 1. The Labute approximate surface area is 127 Å². The van der Waals surface area contributed by atoms with Gasteiger partial charge in [-0.25, -0.2) is 4.98 Å². The lowest BCUT2D eigenvalue weighted by Gasteiger charge is -2.30. The molecule has 0 radical (unpaired) electrons. The molecule has 1 aliphatic rings. The first-order valence-electron chi connectivity index (χ1n) is 6.43. The normalized spacial score (nSPS) is 18.1. The second-order valence-electron chi connectivity index (χ2n) is 4.95. The van der Waals surface area contributed by atoms with Crippen molar-refractivity contribution < 1.29 is 13.5 Å². The molecule has 6 nitrogen and oxygen atoms in total. The zero-order valence-corrected chi connectivity index (χ0v) is 13.6. The topological polar surface area (TPSA) is 82.5 Å². The third-order valence-electron chi connectivity index (χ3n) is 3.45. The molecule has 1 saturated heterocycles. The van der Waals surface area contributed by atoms with E-state index in [4.69, 9.17) is 5.11 Å². The number of nitrogens with one attached hydrogen (secondary N) is 1. The van der Waals surface area contributed by atoms with Crippen LogP contribution in [0, 0.1) is 12.8 Å². The first kappa shape index (κ1) is 15.7. The summed E-state index contributed by atoms with van der Waals surface area (Å²) >= 11 is 3.33. The monoisotopic (exact) mass is 363 g/mol. The first-order chi connectivity index (χ1) is 9.42. The predicted molar refractivity (Wildman–Crippen MR) is 80.6 cm³/mol. The number of pyridine rings is 1. The highest BCUT2D eigenvalue weighted by Gasteiger charge is 2.27.